The molecule has 0 radical (unpaired) electrons. The molecule has 0 saturated carbocycles. The van der Waals surface area contributed by atoms with Gasteiger partial charge in [-0.15, -0.1) is 0 Å². The summed E-state index contributed by atoms with van der Waals surface area (Å²) in [6.07, 6.45) is -0.134. The molecular weight excluding hydrogens is 162 g/mol. The summed E-state index contributed by atoms with van der Waals surface area (Å²) < 4.78 is 0. The van der Waals surface area contributed by atoms with E-state index < -0.39 is 18.1 Å². The van der Waals surface area contributed by atoms with Gasteiger partial charge in [-0.2, -0.15) is 0 Å². The van der Waals surface area contributed by atoms with Crippen molar-refractivity contribution in [2.45, 2.75) is 31.9 Å². The van der Waals surface area contributed by atoms with E-state index in [4.69, 9.17) is 15.7 Å². The minimum absolute atomic E-state index is 0.315. The number of hydrogen-bond acceptors (Lipinski definition) is 3. The fourth-order valence-corrected chi connectivity index (χ4v) is 0.800. The summed E-state index contributed by atoms with van der Waals surface area (Å²) in [5.74, 6) is -1.30. The third-order valence-corrected chi connectivity index (χ3v) is 1.38. The Hall–Kier alpha value is -1.26. The van der Waals surface area contributed by atoms with Gasteiger partial charge >= 0.3 is 5.97 Å². The van der Waals surface area contributed by atoms with E-state index in [1.807, 2.05) is 0 Å². The monoisotopic (exact) mass is 173 g/mol. The van der Waals surface area contributed by atoms with E-state index in [1.165, 1.54) is 0 Å². The van der Waals surface area contributed by atoms with Crippen LogP contribution in [0, 0.1) is 0 Å². The van der Waals surface area contributed by atoms with E-state index in [2.05, 4.69) is 10.0 Å². The number of hydrogen-bond donors (Lipinski definition) is 2. The van der Waals surface area contributed by atoms with Gasteiger partial charge in [0.2, 0.25) is 0 Å². The van der Waals surface area contributed by atoms with Crippen molar-refractivity contribution >= 4 is 5.97 Å². The van der Waals surface area contributed by atoms with Crippen molar-refractivity contribution in [2.24, 2.45) is 5.11 Å². The molecule has 0 bridgehead atoms. The number of aliphatic carboxylic acids is 1. The van der Waals surface area contributed by atoms with Gasteiger partial charge in [0.15, 0.2) is 6.04 Å². The standard InChI is InChI=1S/C6H11N3O3/c1-2-3-4(10)5(6(11)12)8-9-7/h4-5,10H,2-3H2,1H3,(H,11,12). The van der Waals surface area contributed by atoms with Gasteiger partial charge in [0.05, 0.1) is 6.10 Å². The summed E-state index contributed by atoms with van der Waals surface area (Å²) in [5, 5.41) is 20.6. The number of carboxylic acids is 1. The second kappa shape index (κ2) is 5.40. The molecule has 0 saturated heterocycles. The summed E-state index contributed by atoms with van der Waals surface area (Å²) in [4.78, 5) is 12.7. The van der Waals surface area contributed by atoms with E-state index in [9.17, 15) is 4.79 Å². The topological polar surface area (TPSA) is 106 Å². The molecule has 0 heterocycles. The molecule has 2 atom stereocenters. The third kappa shape index (κ3) is 3.23. The van der Waals surface area contributed by atoms with Crippen LogP contribution in [-0.2, 0) is 4.79 Å². The summed E-state index contributed by atoms with van der Waals surface area (Å²) >= 11 is 0. The number of carbonyl (C=O) groups is 1. The van der Waals surface area contributed by atoms with Crippen LogP contribution in [0.2, 0.25) is 0 Å². The lowest BCUT2D eigenvalue weighted by Crippen LogP contribution is -2.31. The minimum atomic E-state index is -1.37. The van der Waals surface area contributed by atoms with Gasteiger partial charge in [0, 0.05) is 4.91 Å². The van der Waals surface area contributed by atoms with Crippen molar-refractivity contribution in [1.82, 2.24) is 0 Å². The van der Waals surface area contributed by atoms with Gasteiger partial charge in [-0.3, -0.25) is 4.79 Å². The minimum Gasteiger partial charge on any atom is -0.481 e. The Morgan fingerprint density at radius 1 is 1.75 bits per heavy atom. The van der Waals surface area contributed by atoms with Crippen LogP contribution in [0.3, 0.4) is 0 Å². The lowest BCUT2D eigenvalue weighted by atomic mass is 10.1. The number of rotatable bonds is 5. The molecule has 0 aromatic rings. The van der Waals surface area contributed by atoms with Crippen LogP contribution in [0.15, 0.2) is 5.11 Å². The SMILES string of the molecule is CCCC(O)C(N=[N+]=[N-])C(=O)O. The Morgan fingerprint density at radius 2 is 2.33 bits per heavy atom. The quantitative estimate of drug-likeness (QED) is 0.366. The molecule has 2 N–H and O–H groups in total. The van der Waals surface area contributed by atoms with Crippen LogP contribution in [0.5, 0.6) is 0 Å². The molecule has 68 valence electrons. The molecular formula is C6H11N3O3. The molecule has 0 spiro atoms. The van der Waals surface area contributed by atoms with Crippen molar-refractivity contribution in [3.05, 3.63) is 10.4 Å². The summed E-state index contributed by atoms with van der Waals surface area (Å²) in [6.45, 7) is 1.80. The zero-order valence-electron chi connectivity index (χ0n) is 6.71. The molecule has 0 aliphatic rings. The molecule has 0 fully saturated rings. The Balaban J connectivity index is 4.28. The van der Waals surface area contributed by atoms with Gasteiger partial charge in [0.1, 0.15) is 0 Å². The van der Waals surface area contributed by atoms with Crippen molar-refractivity contribution in [3.63, 3.8) is 0 Å². The van der Waals surface area contributed by atoms with Crippen LogP contribution in [0.1, 0.15) is 19.8 Å². The molecule has 0 aliphatic heterocycles. The Bertz CT molecular complexity index is 198. The first-order chi connectivity index (χ1) is 5.63. The fraction of sp³-hybridized carbons (Fsp3) is 0.833. The van der Waals surface area contributed by atoms with Crippen LogP contribution < -0.4 is 0 Å². The lowest BCUT2D eigenvalue weighted by Gasteiger charge is -2.12. The molecule has 0 aliphatic carbocycles. The second-order valence-corrected chi connectivity index (χ2v) is 2.34. The highest BCUT2D eigenvalue weighted by molar-refractivity contribution is 5.74. The van der Waals surface area contributed by atoms with Gasteiger partial charge in [-0.25, -0.2) is 0 Å². The second-order valence-electron chi connectivity index (χ2n) is 2.34. The molecule has 0 aromatic carbocycles. The van der Waals surface area contributed by atoms with Crippen molar-refractivity contribution in [3.8, 4) is 0 Å². The van der Waals surface area contributed by atoms with E-state index >= 15 is 0 Å². The first kappa shape index (κ1) is 10.7. The van der Waals surface area contributed by atoms with Gasteiger partial charge < -0.3 is 10.2 Å². The predicted octanol–water partition coefficient (Wildman–Crippen LogP) is 0.911. The zero-order valence-corrected chi connectivity index (χ0v) is 6.71. The molecule has 0 amide bonds. The van der Waals surface area contributed by atoms with Crippen molar-refractivity contribution in [2.75, 3.05) is 0 Å². The van der Waals surface area contributed by atoms with E-state index in [0.717, 1.165) is 0 Å². The number of carboxylic acid groups (broad SMARTS) is 1. The smallest absolute Gasteiger partial charge is 0.315 e. The number of aliphatic hydroxyl groups is 1. The van der Waals surface area contributed by atoms with E-state index in [0.29, 0.717) is 12.8 Å². The Labute approximate surface area is 69.4 Å². The maximum atomic E-state index is 10.4. The summed E-state index contributed by atoms with van der Waals surface area (Å²) in [5.41, 5.74) is 7.99. The maximum absolute atomic E-state index is 10.4. The van der Waals surface area contributed by atoms with Crippen molar-refractivity contribution < 1.29 is 15.0 Å². The highest BCUT2D eigenvalue weighted by Crippen LogP contribution is 2.06. The Kier molecular flexibility index (Phi) is 4.83. The zero-order chi connectivity index (χ0) is 9.56. The predicted molar refractivity (Wildman–Crippen MR) is 41.5 cm³/mol. The van der Waals surface area contributed by atoms with Crippen LogP contribution in [0.4, 0.5) is 0 Å². The average molecular weight is 173 g/mol. The largest absolute Gasteiger partial charge is 0.481 e. The number of aliphatic hydroxyl groups excluding tert-OH is 1. The van der Waals surface area contributed by atoms with Crippen molar-refractivity contribution in [1.29, 1.82) is 0 Å². The molecule has 6 nitrogen and oxygen atoms in total. The summed E-state index contributed by atoms with van der Waals surface area (Å²) in [6, 6.07) is -1.37. The molecule has 2 unspecified atom stereocenters. The number of nitrogens with zero attached hydrogens (tertiary/aromatic N) is 3. The highest BCUT2D eigenvalue weighted by atomic mass is 16.4. The fourth-order valence-electron chi connectivity index (χ4n) is 0.800. The first-order valence-corrected chi connectivity index (χ1v) is 3.58. The molecule has 0 aromatic heterocycles. The number of azide groups is 1. The third-order valence-electron chi connectivity index (χ3n) is 1.38. The summed E-state index contributed by atoms with van der Waals surface area (Å²) in [7, 11) is 0. The van der Waals surface area contributed by atoms with E-state index in [-0.39, 0.29) is 0 Å². The van der Waals surface area contributed by atoms with Crippen LogP contribution in [-0.4, -0.2) is 28.3 Å². The Morgan fingerprint density at radius 3 is 2.67 bits per heavy atom. The first-order valence-electron chi connectivity index (χ1n) is 3.58. The van der Waals surface area contributed by atoms with Gasteiger partial charge in [0.25, 0.3) is 0 Å². The molecule has 12 heavy (non-hydrogen) atoms. The van der Waals surface area contributed by atoms with Crippen LogP contribution >= 0.6 is 0 Å². The lowest BCUT2D eigenvalue weighted by molar-refractivity contribution is -0.141. The highest BCUT2D eigenvalue weighted by Gasteiger charge is 2.23. The maximum Gasteiger partial charge on any atom is 0.315 e. The van der Waals surface area contributed by atoms with Crippen LogP contribution in [0.25, 0.3) is 10.4 Å². The van der Waals surface area contributed by atoms with Gasteiger partial charge in [-0.1, -0.05) is 18.5 Å². The van der Waals surface area contributed by atoms with Gasteiger partial charge in [-0.05, 0) is 12.0 Å². The molecule has 6 heteroatoms. The molecule has 0 rings (SSSR count). The average Bonchev–Trinajstić information content (AvgIpc) is 1.99. The van der Waals surface area contributed by atoms with E-state index in [1.54, 1.807) is 6.92 Å². The normalized spacial score (nSPS) is 14.5.